The summed E-state index contributed by atoms with van der Waals surface area (Å²) >= 11 is 3.43. The summed E-state index contributed by atoms with van der Waals surface area (Å²) in [5.41, 5.74) is 0.501. The Hall–Kier alpha value is -1.76. The maximum atomic E-state index is 12.9. The van der Waals surface area contributed by atoms with Crippen LogP contribution in [-0.2, 0) is 9.53 Å². The first-order valence-corrected chi connectivity index (χ1v) is 9.27. The van der Waals surface area contributed by atoms with Gasteiger partial charge in [0.2, 0.25) is 0 Å². The Labute approximate surface area is 156 Å². The number of nitrogens with zero attached hydrogens (tertiary/aromatic N) is 1. The van der Waals surface area contributed by atoms with Gasteiger partial charge in [0.15, 0.2) is 11.5 Å². The molecule has 0 bridgehead atoms. The molecule has 1 fully saturated rings. The Morgan fingerprint density at radius 1 is 1.28 bits per heavy atom. The van der Waals surface area contributed by atoms with E-state index < -0.39 is 0 Å². The molecule has 1 aliphatic rings. The molecule has 6 nitrogen and oxygen atoms in total. The smallest absolute Gasteiger partial charge is 0.310 e. The molecule has 0 spiro atoms. The van der Waals surface area contributed by atoms with Crippen molar-refractivity contribution in [3.63, 3.8) is 0 Å². The Morgan fingerprint density at radius 3 is 2.68 bits per heavy atom. The van der Waals surface area contributed by atoms with Crippen LogP contribution in [0.1, 0.15) is 37.0 Å². The van der Waals surface area contributed by atoms with Gasteiger partial charge in [-0.2, -0.15) is 0 Å². The van der Waals surface area contributed by atoms with Gasteiger partial charge in [0.25, 0.3) is 5.91 Å². The molecule has 1 aromatic carbocycles. The number of hydrogen-bond donors (Lipinski definition) is 0. The molecule has 0 aliphatic carbocycles. The maximum absolute atomic E-state index is 12.9. The number of likely N-dealkylation sites (tertiary alicyclic amines) is 1. The molecule has 1 saturated heterocycles. The minimum atomic E-state index is -0.259. The Morgan fingerprint density at radius 2 is 2.04 bits per heavy atom. The zero-order valence-corrected chi connectivity index (χ0v) is 16.4. The molecule has 138 valence electrons. The number of esters is 1. The van der Waals surface area contributed by atoms with Crippen LogP contribution in [0.3, 0.4) is 0 Å². The van der Waals surface area contributed by atoms with Gasteiger partial charge in [-0.3, -0.25) is 9.59 Å². The zero-order chi connectivity index (χ0) is 18.4. The van der Waals surface area contributed by atoms with E-state index in [1.54, 1.807) is 31.1 Å². The van der Waals surface area contributed by atoms with Crippen molar-refractivity contribution in [1.29, 1.82) is 0 Å². The van der Waals surface area contributed by atoms with E-state index in [1.165, 1.54) is 0 Å². The molecule has 0 unspecified atom stereocenters. The standard InChI is InChI=1S/C18H24BrNO5/c1-4-24-15-10-13(9-14(19)16(15)23-3)17(21)20-8-6-7-12(11-20)18(22)25-5-2/h9-10,12H,4-8,11H2,1-3H3/t12-/m1/s1. The number of halogens is 1. The number of hydrogen-bond acceptors (Lipinski definition) is 5. The number of carbonyl (C=O) groups is 2. The lowest BCUT2D eigenvalue weighted by Crippen LogP contribution is -2.42. The van der Waals surface area contributed by atoms with Crippen LogP contribution in [0.4, 0.5) is 0 Å². The average molecular weight is 414 g/mol. The second kappa shape index (κ2) is 9.08. The van der Waals surface area contributed by atoms with Gasteiger partial charge in [-0.05, 0) is 54.8 Å². The summed E-state index contributed by atoms with van der Waals surface area (Å²) in [7, 11) is 1.55. The molecular formula is C18H24BrNO5. The number of benzene rings is 1. The van der Waals surface area contributed by atoms with Crippen LogP contribution in [0.15, 0.2) is 16.6 Å². The predicted molar refractivity (Wildman–Crippen MR) is 97.1 cm³/mol. The Bertz CT molecular complexity index is 634. The van der Waals surface area contributed by atoms with Gasteiger partial charge in [0, 0.05) is 18.7 Å². The Kier molecular flexibility index (Phi) is 7.11. The molecule has 1 aliphatic heterocycles. The van der Waals surface area contributed by atoms with E-state index in [-0.39, 0.29) is 17.8 Å². The van der Waals surface area contributed by atoms with E-state index in [0.717, 1.165) is 12.8 Å². The Balaban J connectivity index is 2.20. The quantitative estimate of drug-likeness (QED) is 0.669. The van der Waals surface area contributed by atoms with Gasteiger partial charge < -0.3 is 19.1 Å². The van der Waals surface area contributed by atoms with Crippen molar-refractivity contribution in [2.45, 2.75) is 26.7 Å². The summed E-state index contributed by atoms with van der Waals surface area (Å²) in [5, 5.41) is 0. The normalized spacial score (nSPS) is 17.1. The highest BCUT2D eigenvalue weighted by Crippen LogP contribution is 2.37. The molecule has 2 rings (SSSR count). The molecule has 7 heteroatoms. The number of carbonyl (C=O) groups excluding carboxylic acids is 2. The summed E-state index contributed by atoms with van der Waals surface area (Å²) in [4.78, 5) is 26.6. The van der Waals surface area contributed by atoms with Gasteiger partial charge in [0.1, 0.15) is 0 Å². The lowest BCUT2D eigenvalue weighted by Gasteiger charge is -2.31. The highest BCUT2D eigenvalue weighted by molar-refractivity contribution is 9.10. The van der Waals surface area contributed by atoms with Crippen molar-refractivity contribution in [3.05, 3.63) is 22.2 Å². The first-order valence-electron chi connectivity index (χ1n) is 8.48. The summed E-state index contributed by atoms with van der Waals surface area (Å²) in [6, 6.07) is 3.40. The lowest BCUT2D eigenvalue weighted by atomic mass is 9.97. The fraction of sp³-hybridized carbons (Fsp3) is 0.556. The van der Waals surface area contributed by atoms with Gasteiger partial charge in [0.05, 0.1) is 30.7 Å². The average Bonchev–Trinajstić information content (AvgIpc) is 2.61. The van der Waals surface area contributed by atoms with Crippen molar-refractivity contribution in [2.24, 2.45) is 5.92 Å². The first-order chi connectivity index (χ1) is 12.0. The molecule has 0 radical (unpaired) electrons. The third-order valence-corrected chi connectivity index (χ3v) is 4.68. The van der Waals surface area contributed by atoms with Gasteiger partial charge in [-0.1, -0.05) is 0 Å². The monoisotopic (exact) mass is 413 g/mol. The van der Waals surface area contributed by atoms with E-state index in [1.807, 2.05) is 6.92 Å². The summed E-state index contributed by atoms with van der Waals surface area (Å²) in [6.07, 6.45) is 1.53. The summed E-state index contributed by atoms with van der Waals surface area (Å²) in [5.74, 6) is 0.457. The van der Waals surface area contributed by atoms with Crippen molar-refractivity contribution in [3.8, 4) is 11.5 Å². The van der Waals surface area contributed by atoms with Crippen LogP contribution in [0.2, 0.25) is 0 Å². The van der Waals surface area contributed by atoms with Crippen molar-refractivity contribution in [2.75, 3.05) is 33.4 Å². The molecule has 1 atom stereocenters. The first kappa shape index (κ1) is 19.6. The van der Waals surface area contributed by atoms with Crippen molar-refractivity contribution < 1.29 is 23.8 Å². The van der Waals surface area contributed by atoms with E-state index in [9.17, 15) is 9.59 Å². The van der Waals surface area contributed by atoms with Crippen molar-refractivity contribution >= 4 is 27.8 Å². The minimum absolute atomic E-state index is 0.127. The number of amides is 1. The van der Waals surface area contributed by atoms with Crippen LogP contribution in [0.5, 0.6) is 11.5 Å². The molecular weight excluding hydrogens is 390 g/mol. The second-order valence-corrected chi connectivity index (χ2v) is 6.62. The predicted octanol–water partition coefficient (Wildman–Crippen LogP) is 3.27. The maximum Gasteiger partial charge on any atom is 0.310 e. The van der Waals surface area contributed by atoms with E-state index in [2.05, 4.69) is 15.9 Å². The fourth-order valence-corrected chi connectivity index (χ4v) is 3.55. The van der Waals surface area contributed by atoms with Crippen LogP contribution < -0.4 is 9.47 Å². The summed E-state index contributed by atoms with van der Waals surface area (Å²) in [6.45, 7) is 5.49. The van der Waals surface area contributed by atoms with Gasteiger partial charge >= 0.3 is 5.97 Å². The number of ether oxygens (including phenoxy) is 3. The van der Waals surface area contributed by atoms with Crippen molar-refractivity contribution in [1.82, 2.24) is 4.90 Å². The highest BCUT2D eigenvalue weighted by atomic mass is 79.9. The molecule has 0 aromatic heterocycles. The minimum Gasteiger partial charge on any atom is -0.492 e. The topological polar surface area (TPSA) is 65.1 Å². The third kappa shape index (κ3) is 4.66. The SMILES string of the molecule is CCOC(=O)[C@@H]1CCCN(C(=O)c2cc(Br)c(OC)c(OCC)c2)C1. The second-order valence-electron chi connectivity index (χ2n) is 5.76. The molecule has 0 saturated carbocycles. The zero-order valence-electron chi connectivity index (χ0n) is 14.8. The molecule has 25 heavy (non-hydrogen) atoms. The largest absolute Gasteiger partial charge is 0.492 e. The number of piperidine rings is 1. The molecule has 0 N–H and O–H groups in total. The third-order valence-electron chi connectivity index (χ3n) is 4.09. The van der Waals surface area contributed by atoms with Crippen LogP contribution in [0, 0.1) is 5.92 Å². The van der Waals surface area contributed by atoms with Crippen LogP contribution in [0.25, 0.3) is 0 Å². The fourth-order valence-electron chi connectivity index (χ4n) is 2.95. The molecule has 1 aromatic rings. The number of rotatable bonds is 6. The lowest BCUT2D eigenvalue weighted by molar-refractivity contribution is -0.149. The van der Waals surface area contributed by atoms with Crippen LogP contribution >= 0.6 is 15.9 Å². The number of methoxy groups -OCH3 is 1. The van der Waals surface area contributed by atoms with E-state index in [4.69, 9.17) is 14.2 Å². The summed E-state index contributed by atoms with van der Waals surface area (Å²) < 4.78 is 16.7. The van der Waals surface area contributed by atoms with Crippen LogP contribution in [-0.4, -0.2) is 50.2 Å². The van der Waals surface area contributed by atoms with E-state index >= 15 is 0 Å². The molecule has 1 heterocycles. The highest BCUT2D eigenvalue weighted by Gasteiger charge is 2.30. The van der Waals surface area contributed by atoms with Gasteiger partial charge in [-0.15, -0.1) is 0 Å². The molecule has 1 amide bonds. The van der Waals surface area contributed by atoms with E-state index in [0.29, 0.717) is 47.8 Å². The van der Waals surface area contributed by atoms with Gasteiger partial charge in [-0.25, -0.2) is 0 Å².